The van der Waals surface area contributed by atoms with E-state index in [-0.39, 0.29) is 11.5 Å². The third-order valence-corrected chi connectivity index (χ3v) is 3.88. The number of aromatic amines is 1. The number of aromatic nitrogens is 3. The van der Waals surface area contributed by atoms with Gasteiger partial charge in [-0.2, -0.15) is 4.98 Å². The van der Waals surface area contributed by atoms with Crippen molar-refractivity contribution < 1.29 is 0 Å². The van der Waals surface area contributed by atoms with Crippen molar-refractivity contribution in [3.8, 4) is 0 Å². The molecule has 106 valence electrons. The Labute approximate surface area is 118 Å². The zero-order valence-corrected chi connectivity index (χ0v) is 12.0. The Morgan fingerprint density at radius 3 is 2.70 bits per heavy atom. The van der Waals surface area contributed by atoms with Gasteiger partial charge in [0.25, 0.3) is 0 Å². The van der Waals surface area contributed by atoms with Crippen molar-refractivity contribution in [1.82, 2.24) is 15.0 Å². The maximum Gasteiger partial charge on any atom is 0.249 e. The minimum absolute atomic E-state index is 0.0931. The summed E-state index contributed by atoms with van der Waals surface area (Å²) in [4.78, 5) is 25.9. The highest BCUT2D eigenvalue weighted by atomic mass is 16.1. The third kappa shape index (κ3) is 2.40. The zero-order chi connectivity index (χ0) is 14.1. The lowest BCUT2D eigenvalue weighted by Gasteiger charge is -2.26. The van der Waals surface area contributed by atoms with E-state index in [1.54, 1.807) is 6.07 Å². The molecule has 0 spiro atoms. The lowest BCUT2D eigenvalue weighted by molar-refractivity contribution is 0.569. The number of hydrogen-bond acceptors (Lipinski definition) is 4. The summed E-state index contributed by atoms with van der Waals surface area (Å²) in [6.45, 7) is 6.15. The van der Waals surface area contributed by atoms with Crippen molar-refractivity contribution in [3.05, 3.63) is 28.2 Å². The second kappa shape index (κ2) is 5.23. The van der Waals surface area contributed by atoms with Gasteiger partial charge in [-0.15, -0.1) is 0 Å². The summed E-state index contributed by atoms with van der Waals surface area (Å²) in [5.41, 5.74) is 1.57. The Hall–Kier alpha value is -1.91. The van der Waals surface area contributed by atoms with Crippen LogP contribution in [-0.2, 0) is 0 Å². The van der Waals surface area contributed by atoms with Gasteiger partial charge in [0.2, 0.25) is 11.5 Å². The number of rotatable bonds is 2. The van der Waals surface area contributed by atoms with Crippen molar-refractivity contribution in [2.75, 3.05) is 18.0 Å². The summed E-state index contributed by atoms with van der Waals surface area (Å²) in [5, 5.41) is 0.945. The number of hydrogen-bond donors (Lipinski definition) is 1. The maximum atomic E-state index is 11.8. The molecule has 20 heavy (non-hydrogen) atoms. The molecule has 0 aliphatic carbocycles. The number of nitrogens with one attached hydrogen (secondary N) is 1. The van der Waals surface area contributed by atoms with Crippen LogP contribution in [0.1, 0.15) is 44.6 Å². The SMILES string of the molecule is CC(C)c1cc(=O)[nH]c2nc(N3CCCCC3)ncc12. The number of fused-ring (bicyclic) bond motifs is 1. The molecule has 1 saturated heterocycles. The molecule has 2 aromatic rings. The van der Waals surface area contributed by atoms with Crippen LogP contribution in [0, 0.1) is 0 Å². The van der Waals surface area contributed by atoms with Gasteiger partial charge in [-0.1, -0.05) is 13.8 Å². The highest BCUT2D eigenvalue weighted by Crippen LogP contribution is 2.23. The van der Waals surface area contributed by atoms with E-state index in [1.165, 1.54) is 19.3 Å². The molecule has 5 heteroatoms. The highest BCUT2D eigenvalue weighted by molar-refractivity contribution is 5.79. The van der Waals surface area contributed by atoms with Crippen LogP contribution in [0.4, 0.5) is 5.95 Å². The molecule has 0 bridgehead atoms. The number of nitrogens with zero attached hydrogens (tertiary/aromatic N) is 3. The average Bonchev–Trinajstić information content (AvgIpc) is 2.46. The summed E-state index contributed by atoms with van der Waals surface area (Å²) in [6.07, 6.45) is 5.49. The van der Waals surface area contributed by atoms with E-state index in [0.717, 1.165) is 30.0 Å². The second-order valence-electron chi connectivity index (χ2n) is 5.72. The summed E-state index contributed by atoms with van der Waals surface area (Å²) in [6, 6.07) is 1.65. The van der Waals surface area contributed by atoms with Crippen LogP contribution in [0.2, 0.25) is 0 Å². The molecule has 2 aromatic heterocycles. The molecule has 5 nitrogen and oxygen atoms in total. The van der Waals surface area contributed by atoms with Crippen molar-refractivity contribution >= 4 is 17.0 Å². The van der Waals surface area contributed by atoms with Crippen LogP contribution in [-0.4, -0.2) is 28.0 Å². The Balaban J connectivity index is 2.09. The normalized spacial score (nSPS) is 16.1. The molecule has 1 fully saturated rings. The van der Waals surface area contributed by atoms with E-state index in [9.17, 15) is 4.79 Å². The standard InChI is InChI=1S/C15H20N4O/c1-10(2)11-8-13(20)17-14-12(11)9-16-15(18-14)19-6-4-3-5-7-19/h8-10H,3-7H2,1-2H3,(H,16,17,18,20). The van der Waals surface area contributed by atoms with Crippen LogP contribution in [0.15, 0.2) is 17.1 Å². The van der Waals surface area contributed by atoms with E-state index < -0.39 is 0 Å². The zero-order valence-electron chi connectivity index (χ0n) is 12.0. The molecule has 0 amide bonds. The Morgan fingerprint density at radius 2 is 2.00 bits per heavy atom. The second-order valence-corrected chi connectivity index (χ2v) is 5.72. The molecule has 1 aliphatic rings. The molecule has 3 heterocycles. The molecule has 0 saturated carbocycles. The van der Waals surface area contributed by atoms with Gasteiger partial charge < -0.3 is 9.88 Å². The van der Waals surface area contributed by atoms with Gasteiger partial charge in [0.05, 0.1) is 0 Å². The van der Waals surface area contributed by atoms with Crippen LogP contribution in [0.3, 0.4) is 0 Å². The fourth-order valence-electron chi connectivity index (χ4n) is 2.77. The summed E-state index contributed by atoms with van der Waals surface area (Å²) in [5.74, 6) is 1.01. The van der Waals surface area contributed by atoms with Crippen molar-refractivity contribution in [2.45, 2.75) is 39.0 Å². The molecular weight excluding hydrogens is 252 g/mol. The Bertz CT molecular complexity index is 671. The Morgan fingerprint density at radius 1 is 1.25 bits per heavy atom. The fraction of sp³-hybridized carbons (Fsp3) is 0.533. The topological polar surface area (TPSA) is 61.9 Å². The van der Waals surface area contributed by atoms with E-state index in [1.807, 2.05) is 6.20 Å². The van der Waals surface area contributed by atoms with E-state index in [0.29, 0.717) is 5.65 Å². The fourth-order valence-corrected chi connectivity index (χ4v) is 2.77. The first kappa shape index (κ1) is 13.1. The quantitative estimate of drug-likeness (QED) is 0.912. The molecule has 0 radical (unpaired) electrons. The number of pyridine rings is 1. The average molecular weight is 272 g/mol. The van der Waals surface area contributed by atoms with Crippen molar-refractivity contribution in [1.29, 1.82) is 0 Å². The van der Waals surface area contributed by atoms with Crippen LogP contribution >= 0.6 is 0 Å². The van der Waals surface area contributed by atoms with Crippen molar-refractivity contribution in [2.24, 2.45) is 0 Å². The maximum absolute atomic E-state index is 11.8. The molecule has 0 aromatic carbocycles. The van der Waals surface area contributed by atoms with Crippen LogP contribution in [0.25, 0.3) is 11.0 Å². The van der Waals surface area contributed by atoms with E-state index >= 15 is 0 Å². The van der Waals surface area contributed by atoms with E-state index in [2.05, 4.69) is 33.7 Å². The minimum Gasteiger partial charge on any atom is -0.341 e. The monoisotopic (exact) mass is 272 g/mol. The number of anilines is 1. The first-order valence-electron chi connectivity index (χ1n) is 7.30. The number of H-pyrrole nitrogens is 1. The van der Waals surface area contributed by atoms with Gasteiger partial charge in [-0.25, -0.2) is 4.98 Å². The summed E-state index contributed by atoms with van der Waals surface area (Å²) >= 11 is 0. The van der Waals surface area contributed by atoms with Gasteiger partial charge >= 0.3 is 0 Å². The van der Waals surface area contributed by atoms with Crippen LogP contribution < -0.4 is 10.5 Å². The first-order valence-corrected chi connectivity index (χ1v) is 7.30. The predicted molar refractivity (Wildman–Crippen MR) is 80.3 cm³/mol. The largest absolute Gasteiger partial charge is 0.341 e. The van der Waals surface area contributed by atoms with E-state index in [4.69, 9.17) is 0 Å². The molecule has 3 rings (SSSR count). The van der Waals surface area contributed by atoms with Crippen molar-refractivity contribution in [3.63, 3.8) is 0 Å². The molecule has 0 atom stereocenters. The molecule has 1 N–H and O–H groups in total. The number of piperidine rings is 1. The smallest absolute Gasteiger partial charge is 0.249 e. The van der Waals surface area contributed by atoms with Crippen LogP contribution in [0.5, 0.6) is 0 Å². The van der Waals surface area contributed by atoms with Gasteiger partial charge in [-0.05, 0) is 30.7 Å². The van der Waals surface area contributed by atoms with Gasteiger partial charge in [0.15, 0.2) is 0 Å². The summed E-state index contributed by atoms with van der Waals surface area (Å²) in [7, 11) is 0. The molecule has 0 unspecified atom stereocenters. The highest BCUT2D eigenvalue weighted by Gasteiger charge is 2.15. The van der Waals surface area contributed by atoms with Gasteiger partial charge in [0.1, 0.15) is 5.65 Å². The Kier molecular flexibility index (Phi) is 3.42. The lowest BCUT2D eigenvalue weighted by Crippen LogP contribution is -2.31. The molecule has 1 aliphatic heterocycles. The molecular formula is C15H20N4O. The van der Waals surface area contributed by atoms with Gasteiger partial charge in [0, 0.05) is 30.7 Å². The third-order valence-electron chi connectivity index (χ3n) is 3.88. The van der Waals surface area contributed by atoms with Gasteiger partial charge in [-0.3, -0.25) is 4.79 Å². The minimum atomic E-state index is -0.0931. The first-order chi connectivity index (χ1) is 9.65. The predicted octanol–water partition coefficient (Wildman–Crippen LogP) is 2.43. The lowest BCUT2D eigenvalue weighted by atomic mass is 10.0. The summed E-state index contributed by atoms with van der Waals surface area (Å²) < 4.78 is 0.